The van der Waals surface area contributed by atoms with Crippen molar-refractivity contribution in [3.05, 3.63) is 77.4 Å². The third-order valence-electron chi connectivity index (χ3n) is 5.08. The Kier molecular flexibility index (Phi) is 8.97. The van der Waals surface area contributed by atoms with Crippen LogP contribution in [0.5, 0.6) is 5.75 Å². The molecule has 0 saturated heterocycles. The number of hydrogen-bond donors (Lipinski definition) is 1. The van der Waals surface area contributed by atoms with E-state index in [2.05, 4.69) is 5.09 Å². The minimum atomic E-state index is -4.02. The minimum absolute atomic E-state index is 0.0155. The summed E-state index contributed by atoms with van der Waals surface area (Å²) in [7, 11) is 1.52. The van der Waals surface area contributed by atoms with Gasteiger partial charge in [-0.1, -0.05) is 24.3 Å². The minimum Gasteiger partial charge on any atom is -0.460 e. The van der Waals surface area contributed by atoms with Crippen molar-refractivity contribution in [3.63, 3.8) is 0 Å². The van der Waals surface area contributed by atoms with Gasteiger partial charge in [-0.2, -0.15) is 0 Å². The second kappa shape index (κ2) is 11.7. The van der Waals surface area contributed by atoms with Crippen molar-refractivity contribution in [1.82, 2.24) is 5.09 Å². The van der Waals surface area contributed by atoms with Crippen LogP contribution >= 0.6 is 18.1 Å². The average molecular weight is 526 g/mol. The van der Waals surface area contributed by atoms with Crippen LogP contribution in [0.25, 0.3) is 10.8 Å². The number of halogens is 3. The van der Waals surface area contributed by atoms with E-state index >= 15 is 0 Å². The maximum Gasteiger partial charge on any atom is 0.409 e. The first kappa shape index (κ1) is 26.8. The fourth-order valence-electron chi connectivity index (χ4n) is 3.28. The second-order valence-electron chi connectivity index (χ2n) is 7.73. The summed E-state index contributed by atoms with van der Waals surface area (Å²) in [6.45, 7) is -2.84. The van der Waals surface area contributed by atoms with Gasteiger partial charge in [-0.3, -0.25) is 4.79 Å². The summed E-state index contributed by atoms with van der Waals surface area (Å²) in [6.07, 6.45) is 0.819. The fourth-order valence-corrected chi connectivity index (χ4v) is 4.97. The van der Waals surface area contributed by atoms with Crippen molar-refractivity contribution in [2.45, 2.75) is 25.5 Å². The second-order valence-corrected chi connectivity index (χ2v) is 10.5. The van der Waals surface area contributed by atoms with E-state index in [1.807, 2.05) is 6.07 Å². The highest BCUT2D eigenvalue weighted by atomic mass is 35.7. The molecular weight excluding hydrogens is 503 g/mol. The SMILES string of the molecule is COCC(C=O)c1ccc2cc(OP(=O)(Cl)N[C@@H](C)C(=O)OCc3ccc(F)cc3F)ccc2c1. The quantitative estimate of drug-likeness (QED) is 0.201. The Balaban J connectivity index is 1.62. The van der Waals surface area contributed by atoms with Crippen molar-refractivity contribution in [2.24, 2.45) is 0 Å². The molecule has 3 atom stereocenters. The van der Waals surface area contributed by atoms with Gasteiger partial charge in [0.05, 0.1) is 12.5 Å². The van der Waals surface area contributed by atoms with Crippen LogP contribution in [-0.4, -0.2) is 32.0 Å². The Morgan fingerprint density at radius 2 is 1.83 bits per heavy atom. The average Bonchev–Trinajstić information content (AvgIpc) is 2.80. The molecule has 2 unspecified atom stereocenters. The predicted molar refractivity (Wildman–Crippen MR) is 127 cm³/mol. The van der Waals surface area contributed by atoms with E-state index in [0.717, 1.165) is 34.8 Å². The van der Waals surface area contributed by atoms with Gasteiger partial charge in [0.25, 0.3) is 0 Å². The molecule has 0 spiro atoms. The zero-order valence-electron chi connectivity index (χ0n) is 18.9. The Hall–Kier alpha value is -2.84. The fraction of sp³-hybridized carbons (Fsp3) is 0.250. The molecule has 0 aliphatic carbocycles. The van der Waals surface area contributed by atoms with Crippen molar-refractivity contribution >= 4 is 41.1 Å². The third kappa shape index (κ3) is 7.32. The summed E-state index contributed by atoms with van der Waals surface area (Å²) in [6, 6.07) is 12.0. The van der Waals surface area contributed by atoms with Crippen LogP contribution in [0.4, 0.5) is 8.78 Å². The van der Waals surface area contributed by atoms with Gasteiger partial charge in [-0.25, -0.2) is 18.4 Å². The first-order chi connectivity index (χ1) is 16.6. The van der Waals surface area contributed by atoms with Gasteiger partial charge in [0, 0.05) is 30.0 Å². The lowest BCUT2D eigenvalue weighted by atomic mass is 9.98. The summed E-state index contributed by atoms with van der Waals surface area (Å²) in [5.41, 5.74) is 0.777. The topological polar surface area (TPSA) is 90.9 Å². The molecule has 0 radical (unpaired) electrons. The summed E-state index contributed by atoms with van der Waals surface area (Å²) in [5.74, 6) is -2.67. The first-order valence-electron chi connectivity index (χ1n) is 10.5. The van der Waals surface area contributed by atoms with Gasteiger partial charge in [0.15, 0.2) is 0 Å². The lowest BCUT2D eigenvalue weighted by molar-refractivity contribution is -0.146. The van der Waals surface area contributed by atoms with Gasteiger partial charge in [-0.15, -0.1) is 0 Å². The number of aldehydes is 1. The number of carbonyl (C=O) groups excluding carboxylic acids is 2. The molecule has 3 rings (SSSR count). The number of hydrogen-bond acceptors (Lipinski definition) is 6. The van der Waals surface area contributed by atoms with Gasteiger partial charge in [0.1, 0.15) is 36.3 Å². The van der Waals surface area contributed by atoms with Crippen LogP contribution in [0, 0.1) is 11.6 Å². The molecule has 0 bridgehead atoms. The van der Waals surface area contributed by atoms with Crippen LogP contribution in [0.3, 0.4) is 0 Å². The first-order valence-corrected chi connectivity index (χ1v) is 13.0. The molecule has 0 aromatic heterocycles. The smallest absolute Gasteiger partial charge is 0.409 e. The van der Waals surface area contributed by atoms with Crippen LogP contribution in [0.2, 0.25) is 0 Å². The highest BCUT2D eigenvalue weighted by Crippen LogP contribution is 2.49. The van der Waals surface area contributed by atoms with Gasteiger partial charge in [-0.05, 0) is 47.5 Å². The molecule has 0 amide bonds. The normalized spacial score (nSPS) is 14.7. The number of methoxy groups -OCH3 is 1. The molecule has 0 heterocycles. The van der Waals surface area contributed by atoms with Gasteiger partial charge >= 0.3 is 12.8 Å². The van der Waals surface area contributed by atoms with E-state index in [1.165, 1.54) is 14.0 Å². The number of fused-ring (bicyclic) bond motifs is 1. The highest BCUT2D eigenvalue weighted by molar-refractivity contribution is 7.84. The molecule has 7 nitrogen and oxygen atoms in total. The standard InChI is InChI=1S/C24H23ClF2NO6P/c1-15(24(30)33-14-19-5-7-21(26)11-23(19)27)28-35(25,31)34-22-8-6-16-9-17(3-4-18(16)10-22)20(12-29)13-32-2/h3-12,15,20H,13-14H2,1-2H3,(H,28,31)/t15-,20?,35?/m0/s1. The van der Waals surface area contributed by atoms with Crippen molar-refractivity contribution in [1.29, 1.82) is 0 Å². The predicted octanol–water partition coefficient (Wildman–Crippen LogP) is 5.49. The lowest BCUT2D eigenvalue weighted by Gasteiger charge is -2.19. The largest absolute Gasteiger partial charge is 0.460 e. The van der Waals surface area contributed by atoms with Gasteiger partial charge in [0.2, 0.25) is 0 Å². The summed E-state index contributed by atoms with van der Waals surface area (Å²) in [5, 5.41) is 3.94. The van der Waals surface area contributed by atoms with Crippen molar-refractivity contribution in [2.75, 3.05) is 13.7 Å². The zero-order chi connectivity index (χ0) is 25.6. The van der Waals surface area contributed by atoms with E-state index in [4.69, 9.17) is 25.2 Å². The summed E-state index contributed by atoms with van der Waals surface area (Å²) >= 11 is 6.00. The Labute approximate surface area is 205 Å². The molecule has 11 heteroatoms. The zero-order valence-corrected chi connectivity index (χ0v) is 20.5. The molecule has 0 aliphatic rings. The van der Waals surface area contributed by atoms with Gasteiger partial charge < -0.3 is 18.8 Å². The molecular formula is C24H23ClF2NO6P. The van der Waals surface area contributed by atoms with Crippen LogP contribution in [0.1, 0.15) is 24.0 Å². The van der Waals surface area contributed by atoms with Crippen LogP contribution < -0.4 is 9.61 Å². The van der Waals surface area contributed by atoms with E-state index < -0.39 is 43.0 Å². The molecule has 186 valence electrons. The number of nitrogens with one attached hydrogen (secondary N) is 1. The highest BCUT2D eigenvalue weighted by Gasteiger charge is 2.28. The lowest BCUT2D eigenvalue weighted by Crippen LogP contribution is -2.33. The molecule has 3 aromatic rings. The summed E-state index contributed by atoms with van der Waals surface area (Å²) in [4.78, 5) is 23.5. The molecule has 1 N–H and O–H groups in total. The Morgan fingerprint density at radius 3 is 2.51 bits per heavy atom. The number of carbonyl (C=O) groups is 2. The van der Waals surface area contributed by atoms with Crippen LogP contribution in [-0.2, 0) is 30.2 Å². The van der Waals surface area contributed by atoms with E-state index in [0.29, 0.717) is 6.07 Å². The van der Waals surface area contributed by atoms with E-state index in [9.17, 15) is 22.9 Å². The number of rotatable bonds is 11. The Bertz CT molecular complexity index is 1270. The van der Waals surface area contributed by atoms with Crippen molar-refractivity contribution < 1.29 is 36.9 Å². The number of ether oxygens (including phenoxy) is 2. The maximum atomic E-state index is 13.7. The molecule has 0 fully saturated rings. The molecule has 35 heavy (non-hydrogen) atoms. The molecule has 0 saturated carbocycles. The number of benzene rings is 3. The van der Waals surface area contributed by atoms with E-state index in [1.54, 1.807) is 30.3 Å². The van der Waals surface area contributed by atoms with E-state index in [-0.39, 0.29) is 17.9 Å². The maximum absolute atomic E-state index is 13.7. The summed E-state index contributed by atoms with van der Waals surface area (Å²) < 4.78 is 54.8. The monoisotopic (exact) mass is 525 g/mol. The van der Waals surface area contributed by atoms with Crippen molar-refractivity contribution in [3.8, 4) is 5.75 Å². The molecule has 0 aliphatic heterocycles. The molecule has 3 aromatic carbocycles. The Morgan fingerprint density at radius 1 is 1.11 bits per heavy atom. The number of esters is 1. The third-order valence-corrected chi connectivity index (χ3v) is 6.72. The van der Waals surface area contributed by atoms with Crippen LogP contribution in [0.15, 0.2) is 54.6 Å².